The number of allylic oxidation sites excluding steroid dienone is 2. The van der Waals surface area contributed by atoms with Gasteiger partial charge in [-0.05, 0) is 70.5 Å². The van der Waals surface area contributed by atoms with Crippen molar-refractivity contribution in [2.75, 3.05) is 0 Å². The first-order chi connectivity index (χ1) is 20.4. The summed E-state index contributed by atoms with van der Waals surface area (Å²) >= 11 is 0. The third kappa shape index (κ3) is 9.17. The summed E-state index contributed by atoms with van der Waals surface area (Å²) in [6, 6.07) is 16.7. The Bertz CT molecular complexity index is 1390. The molecule has 4 heteroatoms. The van der Waals surface area contributed by atoms with Crippen LogP contribution in [0.5, 0.6) is 0 Å². The summed E-state index contributed by atoms with van der Waals surface area (Å²) in [5, 5.41) is 13.1. The van der Waals surface area contributed by atoms with Gasteiger partial charge < -0.3 is 10.1 Å². The summed E-state index contributed by atoms with van der Waals surface area (Å²) in [6.45, 7) is 29.5. The molecule has 0 fully saturated rings. The van der Waals surface area contributed by atoms with Gasteiger partial charge in [0, 0.05) is 43.2 Å². The van der Waals surface area contributed by atoms with Crippen molar-refractivity contribution >= 4 is 16.6 Å². The summed E-state index contributed by atoms with van der Waals surface area (Å²) in [4.78, 5) is 17.5. The van der Waals surface area contributed by atoms with Gasteiger partial charge in [-0.2, -0.15) is 0 Å². The van der Waals surface area contributed by atoms with Crippen LogP contribution in [0.25, 0.3) is 22.0 Å². The van der Waals surface area contributed by atoms with Crippen LogP contribution < -0.4 is 0 Å². The Labute approximate surface area is 289 Å². The zero-order valence-electron chi connectivity index (χ0n) is 30.6. The van der Waals surface area contributed by atoms with E-state index in [9.17, 15) is 9.90 Å². The van der Waals surface area contributed by atoms with Gasteiger partial charge in [0.15, 0.2) is 5.78 Å². The summed E-state index contributed by atoms with van der Waals surface area (Å²) in [5.74, 6) is 1.92. The van der Waals surface area contributed by atoms with Crippen molar-refractivity contribution in [3.8, 4) is 11.3 Å². The van der Waals surface area contributed by atoms with Gasteiger partial charge in [0.25, 0.3) is 0 Å². The molecule has 0 aliphatic carbocycles. The maximum atomic E-state index is 12.8. The molecule has 1 radical (unpaired) electrons. The van der Waals surface area contributed by atoms with Crippen molar-refractivity contribution in [3.63, 3.8) is 0 Å². The van der Waals surface area contributed by atoms with E-state index in [0.29, 0.717) is 5.92 Å². The number of aliphatic hydroxyl groups is 1. The van der Waals surface area contributed by atoms with E-state index in [2.05, 4.69) is 131 Å². The molecule has 0 bridgehead atoms. The largest absolute Gasteiger partial charge is 0.512 e. The van der Waals surface area contributed by atoms with Crippen LogP contribution in [-0.2, 0) is 24.9 Å². The number of aryl methyl sites for hydroxylation is 2. The van der Waals surface area contributed by atoms with Crippen molar-refractivity contribution in [1.29, 1.82) is 0 Å². The average Bonchev–Trinajstić information content (AvgIpc) is 2.95. The minimum absolute atomic E-state index is 0. The van der Waals surface area contributed by atoms with Gasteiger partial charge in [-0.15, -0.1) is 34.9 Å². The molecule has 251 valence electrons. The van der Waals surface area contributed by atoms with Crippen molar-refractivity contribution < 1.29 is 30.0 Å². The second kappa shape index (κ2) is 17.0. The molecule has 0 spiro atoms. The van der Waals surface area contributed by atoms with Crippen LogP contribution in [-0.4, -0.2) is 15.9 Å². The zero-order chi connectivity index (χ0) is 33.6. The average molecular weight is 791 g/mol. The second-order valence-corrected chi connectivity index (χ2v) is 14.5. The molecule has 0 atom stereocenters. The number of carbonyl (C=O) groups is 1. The molecule has 1 aromatic heterocycles. The number of pyridine rings is 1. The topological polar surface area (TPSA) is 50.2 Å². The normalized spacial score (nSPS) is 12.6. The molecule has 1 heterocycles. The van der Waals surface area contributed by atoms with Crippen molar-refractivity contribution in [2.24, 2.45) is 34.5 Å². The fourth-order valence-electron chi connectivity index (χ4n) is 6.38. The quantitative estimate of drug-likeness (QED) is 0.120. The third-order valence-electron chi connectivity index (χ3n) is 10.8. The summed E-state index contributed by atoms with van der Waals surface area (Å²) in [7, 11) is 0. The van der Waals surface area contributed by atoms with Gasteiger partial charge >= 0.3 is 0 Å². The molecule has 3 nitrogen and oxygen atoms in total. The van der Waals surface area contributed by atoms with Gasteiger partial charge in [0.2, 0.25) is 0 Å². The third-order valence-corrected chi connectivity index (χ3v) is 10.8. The number of aliphatic hydroxyl groups excluding tert-OH is 1. The molecule has 2 aromatic carbocycles. The molecule has 0 unspecified atom stereocenters. The van der Waals surface area contributed by atoms with Crippen LogP contribution in [0.3, 0.4) is 0 Å². The Hall–Kier alpha value is -2.29. The Morgan fingerprint density at radius 3 is 1.84 bits per heavy atom. The van der Waals surface area contributed by atoms with Crippen molar-refractivity contribution in [2.45, 2.75) is 116 Å². The fourth-order valence-corrected chi connectivity index (χ4v) is 6.38. The standard InChI is InChI=1S/C22H24N.C19H36O2.Ir/c1-5-17(6-2)18-7-8-21-19(14-18)9-10-23-22(21)20-12-15(3)11-16(4)13-20;1-12(2)18(9,13(3)4)16(20)11-17(21)19(10,14(5)6)15(7)8;/h7-12,14,17H,5-6H2,1-4H3;11-15,20H,1-10H3;/q-1;;/b;16-11-;. The number of benzene rings is 2. The number of rotatable bonds is 11. The van der Waals surface area contributed by atoms with E-state index in [-0.39, 0.29) is 60.7 Å². The minimum atomic E-state index is -0.442. The molecular formula is C41H60IrNO2-. The van der Waals surface area contributed by atoms with Crippen LogP contribution >= 0.6 is 0 Å². The maximum absolute atomic E-state index is 12.8. The van der Waals surface area contributed by atoms with E-state index in [1.807, 2.05) is 20.0 Å². The van der Waals surface area contributed by atoms with Gasteiger partial charge in [-0.3, -0.25) is 4.79 Å². The molecule has 0 aliphatic heterocycles. The second-order valence-electron chi connectivity index (χ2n) is 14.5. The number of fused-ring (bicyclic) bond motifs is 1. The smallest absolute Gasteiger partial charge is 0.165 e. The summed E-state index contributed by atoms with van der Waals surface area (Å²) < 4.78 is 0. The Morgan fingerprint density at radius 1 is 0.844 bits per heavy atom. The first-order valence-electron chi connectivity index (χ1n) is 16.8. The predicted octanol–water partition coefficient (Wildman–Crippen LogP) is 11.9. The fraction of sp³-hybridized carbons (Fsp3) is 0.561. The monoisotopic (exact) mass is 791 g/mol. The number of aromatic nitrogens is 1. The maximum Gasteiger partial charge on any atom is 0.165 e. The number of hydrogen-bond acceptors (Lipinski definition) is 3. The van der Waals surface area contributed by atoms with Gasteiger partial charge in [0.05, 0.1) is 0 Å². The van der Waals surface area contributed by atoms with E-state index in [4.69, 9.17) is 0 Å². The van der Waals surface area contributed by atoms with E-state index < -0.39 is 5.41 Å². The molecule has 0 aliphatic rings. The SMILES string of the molecule is CC(C)C(C)(C(=O)/C=C(\O)C(C)(C(C)C)C(C)C)C(C)C.CCC(CC)c1ccc2c(-c3[c-]c(C)cc(C)c3)nccc2c1.[Ir]. The predicted molar refractivity (Wildman–Crippen MR) is 190 cm³/mol. The van der Waals surface area contributed by atoms with E-state index in [1.165, 1.54) is 40.8 Å². The van der Waals surface area contributed by atoms with Crippen molar-refractivity contribution in [1.82, 2.24) is 4.98 Å². The molecule has 45 heavy (non-hydrogen) atoms. The van der Waals surface area contributed by atoms with Crippen LogP contribution in [0, 0.1) is 54.4 Å². The molecule has 0 saturated carbocycles. The Morgan fingerprint density at radius 2 is 1.38 bits per heavy atom. The van der Waals surface area contributed by atoms with Crippen LogP contribution in [0.1, 0.15) is 119 Å². The van der Waals surface area contributed by atoms with E-state index >= 15 is 0 Å². The van der Waals surface area contributed by atoms with Gasteiger partial charge in [0.1, 0.15) is 5.76 Å². The number of hydrogen-bond donors (Lipinski definition) is 1. The molecular weight excluding hydrogens is 731 g/mol. The zero-order valence-corrected chi connectivity index (χ0v) is 33.0. The molecule has 0 amide bonds. The summed E-state index contributed by atoms with van der Waals surface area (Å²) in [6.07, 6.45) is 5.79. The molecule has 0 saturated heterocycles. The molecule has 1 N–H and O–H groups in total. The van der Waals surface area contributed by atoms with E-state index in [1.54, 1.807) is 0 Å². The van der Waals surface area contributed by atoms with Gasteiger partial charge in [-0.25, -0.2) is 0 Å². The summed E-state index contributed by atoms with van der Waals surface area (Å²) in [5.41, 5.74) is 5.15. The van der Waals surface area contributed by atoms with Crippen LogP contribution in [0.4, 0.5) is 0 Å². The first-order valence-corrected chi connectivity index (χ1v) is 16.8. The Balaban J connectivity index is 0.000000443. The number of nitrogens with zero attached hydrogens (tertiary/aromatic N) is 1. The molecule has 3 aromatic rings. The number of ketones is 1. The Kier molecular flexibility index (Phi) is 15.4. The molecule has 3 rings (SSSR count). The van der Waals surface area contributed by atoms with Crippen LogP contribution in [0.2, 0.25) is 0 Å². The van der Waals surface area contributed by atoms with Crippen molar-refractivity contribution in [3.05, 3.63) is 77.2 Å². The number of carbonyl (C=O) groups excluding carboxylic acids is 1. The first kappa shape index (κ1) is 40.7. The van der Waals surface area contributed by atoms with Crippen LogP contribution in [0.15, 0.2) is 54.4 Å². The minimum Gasteiger partial charge on any atom is -0.512 e. The van der Waals surface area contributed by atoms with Gasteiger partial charge in [-0.1, -0.05) is 115 Å². The van der Waals surface area contributed by atoms with E-state index in [0.717, 1.165) is 16.8 Å².